The maximum absolute atomic E-state index is 4.57. The standard InChI is InChI=1S/C13H25B2N5.C3H8/c1-10(2)20-14(5)17(7)12-13(3,4)19-11(8-9-16-19)18(12)15(20)6;1-3-2/h8-10,12H,1-7H3;3H2,1-2H3. The van der Waals surface area contributed by atoms with Crippen LogP contribution in [-0.4, -0.2) is 52.5 Å². The van der Waals surface area contributed by atoms with Gasteiger partial charge in [0.05, 0.1) is 17.9 Å². The summed E-state index contributed by atoms with van der Waals surface area (Å²) in [5.74, 6) is 1.23. The quantitative estimate of drug-likeness (QED) is 0.744. The van der Waals surface area contributed by atoms with E-state index in [-0.39, 0.29) is 5.54 Å². The number of likely N-dealkylation sites (N-methyl/N-ethyl adjacent to an activating group) is 1. The van der Waals surface area contributed by atoms with Crippen molar-refractivity contribution in [1.82, 2.24) is 19.3 Å². The molecule has 1 atom stereocenters. The Bertz CT molecular complexity index is 530. The molecule has 5 nitrogen and oxygen atoms in total. The summed E-state index contributed by atoms with van der Waals surface area (Å²) in [7, 11) is 2.23. The highest BCUT2D eigenvalue weighted by atomic mass is 15.6. The van der Waals surface area contributed by atoms with Gasteiger partial charge in [-0.05, 0) is 33.0 Å². The third-order valence-corrected chi connectivity index (χ3v) is 5.17. The van der Waals surface area contributed by atoms with Gasteiger partial charge < -0.3 is 14.3 Å². The fourth-order valence-electron chi connectivity index (χ4n) is 4.33. The molecular weight excluding hydrogens is 284 g/mol. The minimum absolute atomic E-state index is 0.0147. The van der Waals surface area contributed by atoms with Gasteiger partial charge in [0.25, 0.3) is 6.98 Å². The summed E-state index contributed by atoms with van der Waals surface area (Å²) in [4.78, 5) is 5.00. The lowest BCUT2D eigenvalue weighted by Crippen LogP contribution is -2.76. The summed E-state index contributed by atoms with van der Waals surface area (Å²) in [6.45, 7) is 18.8. The van der Waals surface area contributed by atoms with Gasteiger partial charge in [-0.1, -0.05) is 47.8 Å². The van der Waals surface area contributed by atoms with E-state index in [1.165, 1.54) is 12.2 Å². The van der Waals surface area contributed by atoms with Gasteiger partial charge in [-0.15, -0.1) is 0 Å². The number of rotatable bonds is 1. The first-order valence-corrected chi connectivity index (χ1v) is 9.02. The van der Waals surface area contributed by atoms with Gasteiger partial charge in [-0.2, -0.15) is 5.10 Å². The Morgan fingerprint density at radius 3 is 2.30 bits per heavy atom. The molecular formula is C16H33B2N5. The normalized spacial score (nSPS) is 23.7. The van der Waals surface area contributed by atoms with Gasteiger partial charge in [-0.3, -0.25) is 0 Å². The molecule has 1 unspecified atom stereocenters. The van der Waals surface area contributed by atoms with Crippen molar-refractivity contribution in [3.63, 3.8) is 0 Å². The van der Waals surface area contributed by atoms with Gasteiger partial charge in [-0.25, -0.2) is 4.68 Å². The van der Waals surface area contributed by atoms with Crippen LogP contribution < -0.4 is 4.81 Å². The first kappa shape index (κ1) is 18.4. The van der Waals surface area contributed by atoms with Crippen molar-refractivity contribution in [3.05, 3.63) is 12.3 Å². The third-order valence-electron chi connectivity index (χ3n) is 5.17. The highest BCUT2D eigenvalue weighted by molar-refractivity contribution is 6.74. The second kappa shape index (κ2) is 6.52. The number of hydrogen-bond acceptors (Lipinski definition) is 4. The van der Waals surface area contributed by atoms with Crippen molar-refractivity contribution < 1.29 is 0 Å². The molecule has 1 fully saturated rings. The molecule has 23 heavy (non-hydrogen) atoms. The van der Waals surface area contributed by atoms with Crippen LogP contribution in [0.1, 0.15) is 48.0 Å². The van der Waals surface area contributed by atoms with Crippen LogP contribution in [0.5, 0.6) is 0 Å². The lowest BCUT2D eigenvalue weighted by molar-refractivity contribution is 0.187. The van der Waals surface area contributed by atoms with E-state index < -0.39 is 0 Å². The van der Waals surface area contributed by atoms with Gasteiger partial charge in [0.1, 0.15) is 5.82 Å². The molecule has 0 aliphatic carbocycles. The highest BCUT2D eigenvalue weighted by Crippen LogP contribution is 2.43. The highest BCUT2D eigenvalue weighted by Gasteiger charge is 2.56. The van der Waals surface area contributed by atoms with Crippen LogP contribution in [-0.2, 0) is 5.54 Å². The van der Waals surface area contributed by atoms with Crippen LogP contribution in [0.3, 0.4) is 0 Å². The fraction of sp³-hybridized carbons (Fsp3) is 0.812. The van der Waals surface area contributed by atoms with Crippen LogP contribution in [0, 0.1) is 0 Å². The Balaban J connectivity index is 0.000000595. The van der Waals surface area contributed by atoms with Crippen LogP contribution in [0.2, 0.25) is 13.6 Å². The maximum Gasteiger partial charge on any atom is 0.332 e. The van der Waals surface area contributed by atoms with E-state index in [0.717, 1.165) is 0 Å². The predicted molar refractivity (Wildman–Crippen MR) is 102 cm³/mol. The molecule has 0 bridgehead atoms. The fourth-order valence-corrected chi connectivity index (χ4v) is 4.33. The predicted octanol–water partition coefficient (Wildman–Crippen LogP) is 3.07. The average molecular weight is 317 g/mol. The number of nitrogens with zero attached hydrogens (tertiary/aromatic N) is 5. The Morgan fingerprint density at radius 2 is 1.78 bits per heavy atom. The molecule has 0 saturated carbocycles. The monoisotopic (exact) mass is 317 g/mol. The summed E-state index contributed by atoms with van der Waals surface area (Å²) in [6.07, 6.45) is 3.52. The van der Waals surface area contributed by atoms with E-state index >= 15 is 0 Å². The maximum atomic E-state index is 4.57. The first-order chi connectivity index (χ1) is 10.7. The molecule has 0 aromatic carbocycles. The summed E-state index contributed by atoms with van der Waals surface area (Å²) in [5.41, 5.74) is -0.0147. The van der Waals surface area contributed by atoms with Crippen molar-refractivity contribution >= 4 is 19.8 Å². The van der Waals surface area contributed by atoms with E-state index in [0.29, 0.717) is 26.2 Å². The Kier molecular flexibility index (Phi) is 5.21. The zero-order chi connectivity index (χ0) is 17.5. The topological polar surface area (TPSA) is 27.5 Å². The molecule has 1 aromatic heterocycles. The molecule has 0 spiro atoms. The summed E-state index contributed by atoms with van der Waals surface area (Å²) >= 11 is 0. The SMILES string of the molecule is CB1N(C)C2N(B(C)N1C(C)C)c1ccnn1C2(C)C.CCC. The van der Waals surface area contributed by atoms with E-state index in [1.807, 2.05) is 6.20 Å². The van der Waals surface area contributed by atoms with Gasteiger partial charge >= 0.3 is 6.98 Å². The van der Waals surface area contributed by atoms with Crippen molar-refractivity contribution in [2.45, 2.75) is 79.4 Å². The average Bonchev–Trinajstić information content (AvgIpc) is 2.99. The van der Waals surface area contributed by atoms with Crippen LogP contribution >= 0.6 is 0 Å². The Morgan fingerprint density at radius 1 is 1.22 bits per heavy atom. The molecule has 7 heteroatoms. The lowest BCUT2D eigenvalue weighted by atomic mass is 9.55. The molecule has 1 saturated heterocycles. The summed E-state index contributed by atoms with van der Waals surface area (Å²) < 4.78 is 4.75. The Hall–Kier alpha value is -0.940. The number of anilines is 1. The molecule has 128 valence electrons. The molecule has 1 aromatic rings. The second-order valence-electron chi connectivity index (χ2n) is 7.71. The lowest BCUT2D eigenvalue weighted by Gasteiger charge is -2.54. The zero-order valence-corrected chi connectivity index (χ0v) is 16.4. The van der Waals surface area contributed by atoms with E-state index in [2.05, 4.69) is 92.4 Å². The van der Waals surface area contributed by atoms with E-state index in [9.17, 15) is 0 Å². The van der Waals surface area contributed by atoms with Crippen LogP contribution in [0.4, 0.5) is 5.82 Å². The smallest absolute Gasteiger partial charge is 0.332 e. The van der Waals surface area contributed by atoms with Crippen molar-refractivity contribution in [2.75, 3.05) is 11.9 Å². The first-order valence-electron chi connectivity index (χ1n) is 9.02. The Labute approximate surface area is 143 Å². The van der Waals surface area contributed by atoms with Gasteiger partial charge in [0, 0.05) is 0 Å². The van der Waals surface area contributed by atoms with Crippen molar-refractivity contribution in [3.8, 4) is 0 Å². The molecule has 3 heterocycles. The molecule has 0 amide bonds. The molecule has 0 N–H and O–H groups in total. The molecule has 2 aliphatic rings. The van der Waals surface area contributed by atoms with Gasteiger partial charge in [0.15, 0.2) is 0 Å². The van der Waals surface area contributed by atoms with Gasteiger partial charge in [0.2, 0.25) is 0 Å². The molecule has 3 rings (SSSR count). The molecule has 2 aliphatic heterocycles. The number of aromatic nitrogens is 2. The van der Waals surface area contributed by atoms with Crippen LogP contribution in [0.15, 0.2) is 12.3 Å². The minimum Gasteiger partial charge on any atom is -0.370 e. The van der Waals surface area contributed by atoms with E-state index in [4.69, 9.17) is 0 Å². The number of hydrogen-bond donors (Lipinski definition) is 0. The van der Waals surface area contributed by atoms with E-state index in [1.54, 1.807) is 0 Å². The largest absolute Gasteiger partial charge is 0.370 e. The van der Waals surface area contributed by atoms with Crippen molar-refractivity contribution in [1.29, 1.82) is 0 Å². The van der Waals surface area contributed by atoms with Crippen LogP contribution in [0.25, 0.3) is 0 Å². The second-order valence-corrected chi connectivity index (χ2v) is 7.71. The third kappa shape index (κ3) is 2.72. The summed E-state index contributed by atoms with van der Waals surface area (Å²) in [6, 6.07) is 2.66. The summed E-state index contributed by atoms with van der Waals surface area (Å²) in [5, 5.41) is 4.57. The minimum atomic E-state index is -0.0147. The number of fused-ring (bicyclic) bond motifs is 3. The van der Waals surface area contributed by atoms with Crippen molar-refractivity contribution in [2.24, 2.45) is 0 Å². The molecule has 0 radical (unpaired) electrons. The zero-order valence-electron chi connectivity index (χ0n) is 16.4.